The molecule has 0 spiro atoms. The predicted octanol–water partition coefficient (Wildman–Crippen LogP) is 1.09. The van der Waals surface area contributed by atoms with Gasteiger partial charge >= 0.3 is 0 Å². The molecule has 1 rings (SSSR count). The molecule has 0 aliphatic heterocycles. The van der Waals surface area contributed by atoms with Crippen LogP contribution in [0, 0.1) is 0 Å². The molecule has 16 heavy (non-hydrogen) atoms. The molecule has 1 heterocycles. The number of rotatable bonds is 7. The van der Waals surface area contributed by atoms with E-state index in [1.54, 1.807) is 0 Å². The van der Waals surface area contributed by atoms with Gasteiger partial charge in [-0.3, -0.25) is 0 Å². The molecule has 1 atom stereocenters. The Hall–Kier alpha value is -0.370. The lowest BCUT2D eigenvalue weighted by Crippen LogP contribution is -2.17. The normalized spacial score (nSPS) is 12.8. The molecule has 5 nitrogen and oxygen atoms in total. The lowest BCUT2D eigenvalue weighted by molar-refractivity contribution is 0.0551. The molecular formula is C9H17N3O2S2. The maximum atomic E-state index is 9.56. The average molecular weight is 263 g/mol. The van der Waals surface area contributed by atoms with E-state index in [1.807, 2.05) is 25.9 Å². The van der Waals surface area contributed by atoms with Gasteiger partial charge in [-0.2, -0.15) is 0 Å². The van der Waals surface area contributed by atoms with Crippen molar-refractivity contribution >= 4 is 28.2 Å². The summed E-state index contributed by atoms with van der Waals surface area (Å²) in [4.78, 5) is 1.92. The zero-order chi connectivity index (χ0) is 12.0. The molecule has 0 radical (unpaired) electrons. The van der Waals surface area contributed by atoms with Crippen molar-refractivity contribution in [3.05, 3.63) is 0 Å². The second-order valence-corrected chi connectivity index (χ2v) is 5.59. The Balaban J connectivity index is 2.31. The van der Waals surface area contributed by atoms with Gasteiger partial charge in [0.1, 0.15) is 0 Å². The molecule has 0 fully saturated rings. The van der Waals surface area contributed by atoms with Crippen LogP contribution in [0.4, 0.5) is 5.13 Å². The minimum absolute atomic E-state index is 0.378. The van der Waals surface area contributed by atoms with E-state index in [1.165, 1.54) is 23.1 Å². The second kappa shape index (κ2) is 7.05. The molecule has 0 aromatic carbocycles. The third-order valence-corrected chi connectivity index (χ3v) is 4.06. The van der Waals surface area contributed by atoms with Crippen LogP contribution in [0.3, 0.4) is 0 Å². The number of nitrogens with zero attached hydrogens (tertiary/aromatic N) is 3. The number of aliphatic hydroxyl groups excluding tert-OH is 1. The summed E-state index contributed by atoms with van der Waals surface area (Å²) in [5, 5.41) is 18.5. The third kappa shape index (κ3) is 4.65. The summed E-state index contributed by atoms with van der Waals surface area (Å²) in [5.41, 5.74) is 0. The fraction of sp³-hybridized carbons (Fsp3) is 0.778. The Kier molecular flexibility index (Phi) is 6.04. The number of aromatic nitrogens is 2. The largest absolute Gasteiger partial charge is 0.390 e. The molecule has 0 amide bonds. The monoisotopic (exact) mass is 263 g/mol. The Morgan fingerprint density at radius 1 is 1.50 bits per heavy atom. The molecule has 1 aromatic heterocycles. The van der Waals surface area contributed by atoms with Crippen molar-refractivity contribution in [1.82, 2.24) is 10.2 Å². The Bertz CT molecular complexity index is 307. The maximum Gasteiger partial charge on any atom is 0.208 e. The van der Waals surface area contributed by atoms with E-state index in [0.29, 0.717) is 19.0 Å². The van der Waals surface area contributed by atoms with E-state index >= 15 is 0 Å². The molecule has 1 unspecified atom stereocenters. The quantitative estimate of drug-likeness (QED) is 0.743. The Labute approximate surface area is 104 Å². The van der Waals surface area contributed by atoms with Gasteiger partial charge in [-0.05, 0) is 6.92 Å². The standard InChI is InChI=1S/C9H17N3O2S2/c1-4-14-5-7(13)6-15-9-11-10-8(16-9)12(2)3/h7,13H,4-6H2,1-3H3. The lowest BCUT2D eigenvalue weighted by atomic mass is 10.4. The van der Waals surface area contributed by atoms with Gasteiger partial charge < -0.3 is 14.7 Å². The smallest absolute Gasteiger partial charge is 0.208 e. The molecule has 0 aliphatic carbocycles. The van der Waals surface area contributed by atoms with Gasteiger partial charge in [-0.15, -0.1) is 10.2 Å². The highest BCUT2D eigenvalue weighted by atomic mass is 32.2. The fourth-order valence-electron chi connectivity index (χ4n) is 0.911. The van der Waals surface area contributed by atoms with Gasteiger partial charge in [0.15, 0.2) is 4.34 Å². The Morgan fingerprint density at radius 2 is 2.25 bits per heavy atom. The lowest BCUT2D eigenvalue weighted by Gasteiger charge is -2.08. The second-order valence-electron chi connectivity index (χ2n) is 3.37. The van der Waals surface area contributed by atoms with E-state index in [2.05, 4.69) is 10.2 Å². The van der Waals surface area contributed by atoms with Crippen molar-refractivity contribution in [2.45, 2.75) is 17.4 Å². The number of anilines is 1. The van der Waals surface area contributed by atoms with E-state index < -0.39 is 6.10 Å². The van der Waals surface area contributed by atoms with Crippen LogP contribution in [0.2, 0.25) is 0 Å². The van der Waals surface area contributed by atoms with Gasteiger partial charge in [0, 0.05) is 26.5 Å². The van der Waals surface area contributed by atoms with Crippen molar-refractivity contribution in [1.29, 1.82) is 0 Å². The summed E-state index contributed by atoms with van der Waals surface area (Å²) in [7, 11) is 3.86. The van der Waals surface area contributed by atoms with Crippen molar-refractivity contribution < 1.29 is 9.84 Å². The van der Waals surface area contributed by atoms with Crippen LogP contribution < -0.4 is 4.90 Å². The molecule has 0 aliphatic rings. The summed E-state index contributed by atoms with van der Waals surface area (Å²) in [6.45, 7) is 2.92. The third-order valence-electron chi connectivity index (χ3n) is 1.69. The molecule has 7 heteroatoms. The first-order chi connectivity index (χ1) is 7.63. The summed E-state index contributed by atoms with van der Waals surface area (Å²) in [6, 6.07) is 0. The van der Waals surface area contributed by atoms with Gasteiger partial charge in [0.2, 0.25) is 5.13 Å². The predicted molar refractivity (Wildman–Crippen MR) is 67.5 cm³/mol. The molecular weight excluding hydrogens is 246 g/mol. The fourth-order valence-corrected chi connectivity index (χ4v) is 2.61. The molecule has 0 bridgehead atoms. The molecule has 1 aromatic rings. The van der Waals surface area contributed by atoms with Crippen LogP contribution in [0.15, 0.2) is 4.34 Å². The summed E-state index contributed by atoms with van der Waals surface area (Å²) in [6.07, 6.45) is -0.448. The van der Waals surface area contributed by atoms with Crippen LogP contribution in [0.1, 0.15) is 6.92 Å². The number of thioether (sulfide) groups is 1. The zero-order valence-corrected chi connectivity index (χ0v) is 11.3. The van der Waals surface area contributed by atoms with Crippen molar-refractivity contribution in [3.8, 4) is 0 Å². The van der Waals surface area contributed by atoms with Gasteiger partial charge in [-0.25, -0.2) is 0 Å². The molecule has 0 saturated carbocycles. The SMILES string of the molecule is CCOCC(O)CSc1nnc(N(C)C)s1. The molecule has 1 N–H and O–H groups in total. The average Bonchev–Trinajstić information content (AvgIpc) is 2.72. The molecule has 0 saturated heterocycles. The minimum atomic E-state index is -0.448. The highest BCUT2D eigenvalue weighted by Gasteiger charge is 2.09. The van der Waals surface area contributed by atoms with Gasteiger partial charge in [0.25, 0.3) is 0 Å². The first-order valence-corrected chi connectivity index (χ1v) is 6.83. The van der Waals surface area contributed by atoms with Crippen LogP contribution in [-0.4, -0.2) is 54.5 Å². The van der Waals surface area contributed by atoms with Crippen LogP contribution in [-0.2, 0) is 4.74 Å². The Morgan fingerprint density at radius 3 is 2.81 bits per heavy atom. The number of ether oxygens (including phenoxy) is 1. The first-order valence-electron chi connectivity index (χ1n) is 5.03. The van der Waals surface area contributed by atoms with Crippen molar-refractivity contribution in [2.75, 3.05) is 38.0 Å². The van der Waals surface area contributed by atoms with E-state index in [-0.39, 0.29) is 0 Å². The highest BCUT2D eigenvalue weighted by Crippen LogP contribution is 2.27. The minimum Gasteiger partial charge on any atom is -0.390 e. The molecule has 92 valence electrons. The summed E-state index contributed by atoms with van der Waals surface area (Å²) in [5.74, 6) is 0.585. The topological polar surface area (TPSA) is 58.5 Å². The van der Waals surface area contributed by atoms with Gasteiger partial charge in [0.05, 0.1) is 12.7 Å². The number of hydrogen-bond donors (Lipinski definition) is 1. The van der Waals surface area contributed by atoms with Crippen LogP contribution in [0.5, 0.6) is 0 Å². The summed E-state index contributed by atoms with van der Waals surface area (Å²) >= 11 is 3.03. The highest BCUT2D eigenvalue weighted by molar-refractivity contribution is 8.01. The number of hydrogen-bond acceptors (Lipinski definition) is 7. The van der Waals surface area contributed by atoms with Gasteiger partial charge in [-0.1, -0.05) is 23.1 Å². The maximum absolute atomic E-state index is 9.56. The summed E-state index contributed by atoms with van der Waals surface area (Å²) < 4.78 is 6.00. The van der Waals surface area contributed by atoms with E-state index in [4.69, 9.17) is 4.74 Å². The van der Waals surface area contributed by atoms with Crippen LogP contribution >= 0.6 is 23.1 Å². The first kappa shape index (κ1) is 13.7. The van der Waals surface area contributed by atoms with Crippen molar-refractivity contribution in [3.63, 3.8) is 0 Å². The van der Waals surface area contributed by atoms with Crippen LogP contribution in [0.25, 0.3) is 0 Å². The van der Waals surface area contributed by atoms with E-state index in [0.717, 1.165) is 9.47 Å². The van der Waals surface area contributed by atoms with Crippen molar-refractivity contribution in [2.24, 2.45) is 0 Å². The van der Waals surface area contributed by atoms with E-state index in [9.17, 15) is 5.11 Å². The number of aliphatic hydroxyl groups is 1. The zero-order valence-electron chi connectivity index (χ0n) is 9.71.